The Kier molecular flexibility index (Phi) is 8.45. The summed E-state index contributed by atoms with van der Waals surface area (Å²) < 4.78 is 4.74. The maximum absolute atomic E-state index is 12.4. The minimum atomic E-state index is -0.422. The van der Waals surface area contributed by atoms with E-state index in [0.717, 1.165) is 5.56 Å². The summed E-state index contributed by atoms with van der Waals surface area (Å²) in [5, 5.41) is 8.41. The molecule has 0 aliphatic rings. The molecule has 4 aromatic rings. The van der Waals surface area contributed by atoms with Crippen LogP contribution >= 0.6 is 0 Å². The van der Waals surface area contributed by atoms with E-state index in [1.807, 2.05) is 18.2 Å². The Balaban J connectivity index is 1.29. The molecule has 0 aliphatic carbocycles. The van der Waals surface area contributed by atoms with Gasteiger partial charge in [0.1, 0.15) is 0 Å². The van der Waals surface area contributed by atoms with Crippen molar-refractivity contribution < 1.29 is 19.1 Å². The number of hydrogen-bond donors (Lipinski definition) is 3. The van der Waals surface area contributed by atoms with Crippen LogP contribution in [0, 0.1) is 11.8 Å². The second kappa shape index (κ2) is 12.5. The monoisotopic (exact) mass is 504 g/mol. The summed E-state index contributed by atoms with van der Waals surface area (Å²) in [6, 6.07) is 24.2. The number of methoxy groups -OCH3 is 1. The number of hydrogen-bond acceptors (Lipinski definition) is 5. The van der Waals surface area contributed by atoms with Crippen LogP contribution in [0.25, 0.3) is 0 Å². The maximum Gasteiger partial charge on any atom is 0.337 e. The molecule has 188 valence electrons. The Hall–Kier alpha value is -5.42. The van der Waals surface area contributed by atoms with E-state index >= 15 is 0 Å². The van der Waals surface area contributed by atoms with E-state index in [-0.39, 0.29) is 11.9 Å². The van der Waals surface area contributed by atoms with Crippen LogP contribution in [0.1, 0.15) is 37.4 Å². The molecule has 0 bridgehead atoms. The van der Waals surface area contributed by atoms with E-state index in [0.29, 0.717) is 40.2 Å². The Morgan fingerprint density at radius 3 is 2.21 bits per heavy atom. The minimum Gasteiger partial charge on any atom is -0.465 e. The average molecular weight is 505 g/mol. The molecule has 4 rings (SSSR count). The molecular weight excluding hydrogens is 480 g/mol. The topological polar surface area (TPSA) is 109 Å². The molecule has 0 atom stereocenters. The highest BCUT2D eigenvalue weighted by Crippen LogP contribution is 2.13. The number of ether oxygens (including phenoxy) is 1. The number of carbonyl (C=O) groups excluding carboxylic acids is 3. The van der Waals surface area contributed by atoms with Crippen molar-refractivity contribution in [1.29, 1.82) is 0 Å². The summed E-state index contributed by atoms with van der Waals surface area (Å²) in [5.74, 6) is 5.39. The van der Waals surface area contributed by atoms with Crippen molar-refractivity contribution in [2.75, 3.05) is 17.7 Å². The van der Waals surface area contributed by atoms with Gasteiger partial charge in [-0.3, -0.25) is 9.78 Å². The molecule has 0 fully saturated rings. The fraction of sp³-hybridized carbons (Fsp3) is 0.0667. The van der Waals surface area contributed by atoms with Crippen LogP contribution in [0.3, 0.4) is 0 Å². The first kappa shape index (κ1) is 25.7. The number of nitrogens with zero attached hydrogens (tertiary/aromatic N) is 1. The number of esters is 1. The molecule has 3 N–H and O–H groups in total. The molecule has 0 spiro atoms. The van der Waals surface area contributed by atoms with E-state index in [4.69, 9.17) is 4.74 Å². The first-order chi connectivity index (χ1) is 18.5. The highest BCUT2D eigenvalue weighted by atomic mass is 16.5. The molecule has 0 unspecified atom stereocenters. The van der Waals surface area contributed by atoms with Gasteiger partial charge in [0.25, 0.3) is 5.91 Å². The van der Waals surface area contributed by atoms with E-state index < -0.39 is 5.97 Å². The molecule has 0 saturated heterocycles. The first-order valence-corrected chi connectivity index (χ1v) is 11.7. The van der Waals surface area contributed by atoms with Crippen LogP contribution in [0.4, 0.5) is 16.2 Å². The van der Waals surface area contributed by atoms with E-state index in [2.05, 4.69) is 32.8 Å². The van der Waals surface area contributed by atoms with Gasteiger partial charge in [-0.2, -0.15) is 0 Å². The third-order valence-corrected chi connectivity index (χ3v) is 5.34. The summed E-state index contributed by atoms with van der Waals surface area (Å²) in [7, 11) is 1.33. The SMILES string of the molecule is COC(=O)c1cccc(C#Cc2cccc(NC(=O)NCc3ccc(NC(=O)c4cccnc4)cc3)c2)c1. The molecule has 0 aliphatic heterocycles. The van der Waals surface area contributed by atoms with Crippen molar-refractivity contribution >= 4 is 29.3 Å². The molecule has 0 saturated carbocycles. The summed E-state index contributed by atoms with van der Waals surface area (Å²) in [5.41, 5.74) is 4.37. The van der Waals surface area contributed by atoms with Gasteiger partial charge in [-0.1, -0.05) is 36.1 Å². The lowest BCUT2D eigenvalue weighted by molar-refractivity contribution is 0.0600. The van der Waals surface area contributed by atoms with Gasteiger partial charge in [0.05, 0.1) is 18.2 Å². The Morgan fingerprint density at radius 2 is 1.50 bits per heavy atom. The zero-order valence-corrected chi connectivity index (χ0v) is 20.5. The second-order valence-electron chi connectivity index (χ2n) is 8.10. The normalized spacial score (nSPS) is 9.92. The van der Waals surface area contributed by atoms with Crippen molar-refractivity contribution in [1.82, 2.24) is 10.3 Å². The average Bonchev–Trinajstić information content (AvgIpc) is 2.96. The number of anilines is 2. The summed E-state index contributed by atoms with van der Waals surface area (Å²) in [6.45, 7) is 0.304. The van der Waals surface area contributed by atoms with Crippen LogP contribution in [0.2, 0.25) is 0 Å². The highest BCUT2D eigenvalue weighted by molar-refractivity contribution is 6.04. The van der Waals surface area contributed by atoms with Crippen LogP contribution < -0.4 is 16.0 Å². The van der Waals surface area contributed by atoms with Crippen molar-refractivity contribution in [3.05, 3.63) is 125 Å². The van der Waals surface area contributed by atoms with Gasteiger partial charge in [-0.05, 0) is 66.2 Å². The predicted molar refractivity (Wildman–Crippen MR) is 145 cm³/mol. The number of urea groups is 1. The molecule has 3 aromatic carbocycles. The lowest BCUT2D eigenvalue weighted by Crippen LogP contribution is -2.28. The molecule has 0 radical (unpaired) electrons. The lowest BCUT2D eigenvalue weighted by Gasteiger charge is -2.09. The largest absolute Gasteiger partial charge is 0.465 e. The van der Waals surface area contributed by atoms with E-state index in [9.17, 15) is 14.4 Å². The molecule has 38 heavy (non-hydrogen) atoms. The maximum atomic E-state index is 12.4. The number of nitrogens with one attached hydrogen (secondary N) is 3. The number of rotatable bonds is 6. The lowest BCUT2D eigenvalue weighted by atomic mass is 10.1. The Bertz CT molecular complexity index is 1510. The summed E-state index contributed by atoms with van der Waals surface area (Å²) >= 11 is 0. The van der Waals surface area contributed by atoms with E-state index in [1.165, 1.54) is 13.3 Å². The van der Waals surface area contributed by atoms with Crippen molar-refractivity contribution in [3.8, 4) is 11.8 Å². The van der Waals surface area contributed by atoms with Gasteiger partial charge in [-0.25, -0.2) is 9.59 Å². The fourth-order valence-corrected chi connectivity index (χ4v) is 3.42. The highest BCUT2D eigenvalue weighted by Gasteiger charge is 2.07. The summed E-state index contributed by atoms with van der Waals surface area (Å²) in [4.78, 5) is 40.3. The fourth-order valence-electron chi connectivity index (χ4n) is 3.42. The summed E-state index contributed by atoms with van der Waals surface area (Å²) in [6.07, 6.45) is 3.11. The minimum absolute atomic E-state index is 0.245. The number of carbonyl (C=O) groups is 3. The van der Waals surface area contributed by atoms with Crippen molar-refractivity contribution in [3.63, 3.8) is 0 Å². The van der Waals surface area contributed by atoms with Crippen LogP contribution in [-0.2, 0) is 11.3 Å². The van der Waals surface area contributed by atoms with Gasteiger partial charge in [0.15, 0.2) is 0 Å². The van der Waals surface area contributed by atoms with E-state index in [1.54, 1.807) is 72.9 Å². The number of benzene rings is 3. The Labute approximate surface area is 220 Å². The first-order valence-electron chi connectivity index (χ1n) is 11.7. The van der Waals surface area contributed by atoms with Gasteiger partial charge < -0.3 is 20.7 Å². The molecule has 8 nitrogen and oxygen atoms in total. The molecule has 1 aromatic heterocycles. The molecular formula is C30H24N4O4. The number of aromatic nitrogens is 1. The molecule has 1 heterocycles. The van der Waals surface area contributed by atoms with Crippen molar-refractivity contribution in [2.45, 2.75) is 6.54 Å². The third-order valence-electron chi connectivity index (χ3n) is 5.34. The molecule has 3 amide bonds. The van der Waals surface area contributed by atoms with Gasteiger partial charge in [-0.15, -0.1) is 0 Å². The zero-order chi connectivity index (χ0) is 26.7. The van der Waals surface area contributed by atoms with Crippen LogP contribution in [0.15, 0.2) is 97.3 Å². The van der Waals surface area contributed by atoms with Crippen LogP contribution in [-0.4, -0.2) is 30.0 Å². The predicted octanol–water partition coefficient (Wildman–Crippen LogP) is 4.84. The quantitative estimate of drug-likeness (QED) is 0.257. The van der Waals surface area contributed by atoms with Gasteiger partial charge in [0, 0.05) is 41.4 Å². The zero-order valence-electron chi connectivity index (χ0n) is 20.5. The van der Waals surface area contributed by atoms with Gasteiger partial charge in [0.2, 0.25) is 0 Å². The van der Waals surface area contributed by atoms with Crippen molar-refractivity contribution in [2.24, 2.45) is 0 Å². The number of amides is 3. The third kappa shape index (κ3) is 7.29. The smallest absolute Gasteiger partial charge is 0.337 e. The number of pyridine rings is 1. The van der Waals surface area contributed by atoms with Gasteiger partial charge >= 0.3 is 12.0 Å². The van der Waals surface area contributed by atoms with Crippen LogP contribution in [0.5, 0.6) is 0 Å². The standard InChI is InChI=1S/C30H24N4O4/c1-38-29(36)24-7-2-5-21(17-24)10-11-22-6-3-9-27(18-22)34-30(37)32-19-23-12-14-26(15-13-23)33-28(35)25-8-4-16-31-20-25/h2-9,12-18,20H,19H2,1H3,(H,33,35)(H2,32,34,37). The second-order valence-corrected chi connectivity index (χ2v) is 8.10. The Morgan fingerprint density at radius 1 is 0.789 bits per heavy atom. The molecule has 8 heteroatoms.